The van der Waals surface area contributed by atoms with Gasteiger partial charge in [0.25, 0.3) is 0 Å². The molecule has 1 aromatic rings. The highest BCUT2D eigenvalue weighted by Gasteiger charge is 1.99. The van der Waals surface area contributed by atoms with Gasteiger partial charge in [0.2, 0.25) is 0 Å². The van der Waals surface area contributed by atoms with E-state index in [1.54, 1.807) is 17.0 Å². The molecular weight excluding hydrogens is 166 g/mol. The van der Waals surface area contributed by atoms with E-state index in [-0.39, 0.29) is 0 Å². The zero-order chi connectivity index (χ0) is 9.52. The van der Waals surface area contributed by atoms with E-state index in [4.69, 9.17) is 5.26 Å². The Bertz CT molecular complexity index is 311. The molecule has 0 aromatic carbocycles. The summed E-state index contributed by atoms with van der Waals surface area (Å²) in [7, 11) is 0. The van der Waals surface area contributed by atoms with E-state index in [0.29, 0.717) is 12.2 Å². The minimum Gasteiger partial charge on any atom is -0.329 e. The summed E-state index contributed by atoms with van der Waals surface area (Å²) >= 11 is 0. The fraction of sp³-hybridized carbons (Fsp3) is 0.444. The normalized spacial score (nSPS) is 9.46. The van der Waals surface area contributed by atoms with Gasteiger partial charge < -0.3 is 4.57 Å². The van der Waals surface area contributed by atoms with E-state index in [1.807, 2.05) is 0 Å². The van der Waals surface area contributed by atoms with Crippen molar-refractivity contribution in [3.8, 4) is 6.07 Å². The molecule has 0 aliphatic heterocycles. The van der Waals surface area contributed by atoms with Crippen molar-refractivity contribution >= 4 is 6.29 Å². The number of aldehydes is 1. The quantitative estimate of drug-likeness (QED) is 0.504. The number of aryl methyl sites for hydroxylation is 1. The Balaban J connectivity index is 2.36. The monoisotopic (exact) mass is 177 g/mol. The number of aromatic nitrogens is 2. The first-order valence-corrected chi connectivity index (χ1v) is 4.21. The van der Waals surface area contributed by atoms with Gasteiger partial charge in [0.15, 0.2) is 12.1 Å². The number of carbonyl (C=O) groups excluding carboxylic acids is 1. The number of imidazole rings is 1. The number of nitriles is 1. The van der Waals surface area contributed by atoms with Gasteiger partial charge >= 0.3 is 0 Å². The molecule has 0 unspecified atom stereocenters. The number of rotatable bonds is 5. The molecule has 4 heteroatoms. The fourth-order valence-electron chi connectivity index (χ4n) is 1.11. The van der Waals surface area contributed by atoms with Crippen LogP contribution in [0.15, 0.2) is 12.4 Å². The number of unbranched alkanes of at least 4 members (excludes halogenated alkanes) is 2. The molecule has 0 radical (unpaired) electrons. The highest BCUT2D eigenvalue weighted by molar-refractivity contribution is 5.69. The lowest BCUT2D eigenvalue weighted by atomic mass is 10.2. The van der Waals surface area contributed by atoms with Crippen molar-refractivity contribution in [1.82, 2.24) is 9.55 Å². The zero-order valence-corrected chi connectivity index (χ0v) is 7.31. The highest BCUT2D eigenvalue weighted by atomic mass is 16.1. The second-order valence-electron chi connectivity index (χ2n) is 2.71. The third-order valence-electron chi connectivity index (χ3n) is 1.79. The van der Waals surface area contributed by atoms with Crippen LogP contribution in [0.1, 0.15) is 29.9 Å². The largest absolute Gasteiger partial charge is 0.329 e. The predicted octanol–water partition coefficient (Wildman–Crippen LogP) is 1.39. The maximum absolute atomic E-state index is 10.4. The van der Waals surface area contributed by atoms with Crippen LogP contribution >= 0.6 is 0 Å². The molecule has 4 nitrogen and oxygen atoms in total. The minimum atomic E-state index is 0.456. The molecule has 0 saturated heterocycles. The molecule has 1 aromatic heterocycles. The summed E-state index contributed by atoms with van der Waals surface area (Å²) in [5.41, 5.74) is 0. The van der Waals surface area contributed by atoms with Crippen LogP contribution in [0, 0.1) is 11.3 Å². The molecule has 0 fully saturated rings. The van der Waals surface area contributed by atoms with E-state index >= 15 is 0 Å². The molecule has 0 aliphatic rings. The summed E-state index contributed by atoms with van der Waals surface area (Å²) < 4.78 is 1.80. The summed E-state index contributed by atoms with van der Waals surface area (Å²) in [4.78, 5) is 14.3. The van der Waals surface area contributed by atoms with Crippen LogP contribution in [0.4, 0.5) is 0 Å². The van der Waals surface area contributed by atoms with Crippen LogP contribution in [-0.4, -0.2) is 15.8 Å². The van der Waals surface area contributed by atoms with Gasteiger partial charge in [-0.05, 0) is 12.8 Å². The lowest BCUT2D eigenvalue weighted by Gasteiger charge is -2.01. The van der Waals surface area contributed by atoms with Gasteiger partial charge in [-0.1, -0.05) is 0 Å². The molecule has 1 rings (SSSR count). The average molecular weight is 177 g/mol. The molecule has 0 saturated carbocycles. The molecular formula is C9H11N3O. The molecule has 0 spiro atoms. The van der Waals surface area contributed by atoms with E-state index in [1.165, 1.54) is 0 Å². The Morgan fingerprint density at radius 2 is 2.46 bits per heavy atom. The molecule has 68 valence electrons. The molecule has 13 heavy (non-hydrogen) atoms. The summed E-state index contributed by atoms with van der Waals surface area (Å²) in [6, 6.07) is 2.08. The Labute approximate surface area is 76.8 Å². The van der Waals surface area contributed by atoms with Gasteiger partial charge in [-0.2, -0.15) is 5.26 Å². The first-order valence-electron chi connectivity index (χ1n) is 4.21. The third kappa shape index (κ3) is 2.71. The lowest BCUT2D eigenvalue weighted by Crippen LogP contribution is -2.01. The second-order valence-corrected chi connectivity index (χ2v) is 2.71. The van der Waals surface area contributed by atoms with Gasteiger partial charge in [0.1, 0.15) is 0 Å². The predicted molar refractivity (Wildman–Crippen MR) is 47.1 cm³/mol. The van der Waals surface area contributed by atoms with E-state index < -0.39 is 0 Å². The second kappa shape index (κ2) is 5.09. The van der Waals surface area contributed by atoms with Crippen LogP contribution in [0.5, 0.6) is 0 Å². The first-order chi connectivity index (χ1) is 6.38. The third-order valence-corrected chi connectivity index (χ3v) is 1.79. The van der Waals surface area contributed by atoms with Gasteiger partial charge in [0.05, 0.1) is 6.07 Å². The number of nitrogens with zero attached hydrogens (tertiary/aromatic N) is 3. The van der Waals surface area contributed by atoms with Crippen molar-refractivity contribution < 1.29 is 4.79 Å². The van der Waals surface area contributed by atoms with Crippen LogP contribution in [0.3, 0.4) is 0 Å². The molecule has 1 heterocycles. The SMILES string of the molecule is N#CCCCCn1ccnc1C=O. The Morgan fingerprint density at radius 3 is 3.15 bits per heavy atom. The van der Waals surface area contributed by atoms with Crippen molar-refractivity contribution in [2.45, 2.75) is 25.8 Å². The van der Waals surface area contributed by atoms with E-state index in [0.717, 1.165) is 25.7 Å². The van der Waals surface area contributed by atoms with E-state index in [9.17, 15) is 4.79 Å². The van der Waals surface area contributed by atoms with Crippen molar-refractivity contribution in [3.05, 3.63) is 18.2 Å². The van der Waals surface area contributed by atoms with Gasteiger partial charge in [-0.15, -0.1) is 0 Å². The topological polar surface area (TPSA) is 58.7 Å². The van der Waals surface area contributed by atoms with Crippen LogP contribution < -0.4 is 0 Å². The Hall–Kier alpha value is -1.63. The Kier molecular flexibility index (Phi) is 3.71. The molecule has 0 atom stereocenters. The maximum atomic E-state index is 10.4. The zero-order valence-electron chi connectivity index (χ0n) is 7.31. The van der Waals surface area contributed by atoms with Crippen molar-refractivity contribution in [2.24, 2.45) is 0 Å². The van der Waals surface area contributed by atoms with Crippen LogP contribution in [0.25, 0.3) is 0 Å². The number of carbonyl (C=O) groups is 1. The molecule has 0 N–H and O–H groups in total. The van der Waals surface area contributed by atoms with Gasteiger partial charge in [-0.3, -0.25) is 4.79 Å². The summed E-state index contributed by atoms with van der Waals surface area (Å²) in [5.74, 6) is 0.456. The molecule has 0 bridgehead atoms. The van der Waals surface area contributed by atoms with Gasteiger partial charge in [0, 0.05) is 25.4 Å². The number of hydrogen-bond acceptors (Lipinski definition) is 3. The van der Waals surface area contributed by atoms with Crippen molar-refractivity contribution in [3.63, 3.8) is 0 Å². The van der Waals surface area contributed by atoms with Crippen molar-refractivity contribution in [1.29, 1.82) is 5.26 Å². The smallest absolute Gasteiger partial charge is 0.185 e. The summed E-state index contributed by atoms with van der Waals surface area (Å²) in [6.45, 7) is 0.760. The summed E-state index contributed by atoms with van der Waals surface area (Å²) in [6.07, 6.45) is 6.47. The standard InChI is InChI=1S/C9H11N3O/c10-4-2-1-3-6-12-7-5-11-9(12)8-13/h5,7-8H,1-3,6H2. The summed E-state index contributed by atoms with van der Waals surface area (Å²) in [5, 5.41) is 8.30. The molecule has 0 amide bonds. The van der Waals surface area contributed by atoms with Crippen molar-refractivity contribution in [2.75, 3.05) is 0 Å². The minimum absolute atomic E-state index is 0.456. The van der Waals surface area contributed by atoms with Crippen LogP contribution in [-0.2, 0) is 6.54 Å². The average Bonchev–Trinajstić information content (AvgIpc) is 2.60. The Morgan fingerprint density at radius 1 is 1.62 bits per heavy atom. The fourth-order valence-corrected chi connectivity index (χ4v) is 1.11. The highest BCUT2D eigenvalue weighted by Crippen LogP contribution is 2.00. The first kappa shape index (κ1) is 9.46. The van der Waals surface area contributed by atoms with E-state index in [2.05, 4.69) is 11.1 Å². The van der Waals surface area contributed by atoms with Crippen LogP contribution in [0.2, 0.25) is 0 Å². The van der Waals surface area contributed by atoms with Gasteiger partial charge in [-0.25, -0.2) is 4.98 Å². The lowest BCUT2D eigenvalue weighted by molar-refractivity contribution is 0.111. The maximum Gasteiger partial charge on any atom is 0.185 e. The number of hydrogen-bond donors (Lipinski definition) is 0. The molecule has 0 aliphatic carbocycles.